The Morgan fingerprint density at radius 1 is 1.19 bits per heavy atom. The van der Waals surface area contributed by atoms with E-state index >= 15 is 0 Å². The van der Waals surface area contributed by atoms with Crippen molar-refractivity contribution in [3.05, 3.63) is 60.0 Å². The number of ether oxygens (including phenoxy) is 1. The molecular formula is C23H25N5O4. The fourth-order valence-corrected chi connectivity index (χ4v) is 3.74. The number of hydrogen-bond donors (Lipinski definition) is 2. The summed E-state index contributed by atoms with van der Waals surface area (Å²) >= 11 is 0. The molecule has 1 unspecified atom stereocenters. The Balaban J connectivity index is 1.34. The van der Waals surface area contributed by atoms with E-state index in [9.17, 15) is 9.59 Å². The van der Waals surface area contributed by atoms with Gasteiger partial charge in [-0.15, -0.1) is 0 Å². The van der Waals surface area contributed by atoms with Crippen molar-refractivity contribution in [1.82, 2.24) is 15.0 Å². The molecule has 4 rings (SSSR count). The summed E-state index contributed by atoms with van der Waals surface area (Å²) in [5.74, 6) is 1.10. The molecule has 0 aliphatic carbocycles. The molecule has 9 heteroatoms. The fourth-order valence-electron chi connectivity index (χ4n) is 3.74. The molecule has 1 fully saturated rings. The van der Waals surface area contributed by atoms with Crippen LogP contribution in [0.15, 0.2) is 53.1 Å². The number of rotatable bonds is 7. The van der Waals surface area contributed by atoms with Crippen LogP contribution in [-0.2, 0) is 11.3 Å². The normalized spacial score (nSPS) is 16.5. The monoisotopic (exact) mass is 435 g/mol. The summed E-state index contributed by atoms with van der Waals surface area (Å²) < 4.78 is 10.6. The Hall–Kier alpha value is -3.72. The summed E-state index contributed by atoms with van der Waals surface area (Å²) in [4.78, 5) is 30.6. The van der Waals surface area contributed by atoms with E-state index in [2.05, 4.69) is 20.4 Å². The Kier molecular flexibility index (Phi) is 6.46. The van der Waals surface area contributed by atoms with Gasteiger partial charge < -0.3 is 20.3 Å². The van der Waals surface area contributed by atoms with E-state index in [1.807, 2.05) is 24.3 Å². The highest BCUT2D eigenvalue weighted by Crippen LogP contribution is 2.23. The Morgan fingerprint density at radius 3 is 2.62 bits per heavy atom. The molecule has 1 aromatic heterocycles. The van der Waals surface area contributed by atoms with Crippen LogP contribution in [0.1, 0.15) is 29.1 Å². The molecule has 0 radical (unpaired) electrons. The van der Waals surface area contributed by atoms with E-state index in [-0.39, 0.29) is 11.8 Å². The first kappa shape index (κ1) is 21.5. The lowest BCUT2D eigenvalue weighted by Crippen LogP contribution is -2.40. The molecule has 1 saturated heterocycles. The summed E-state index contributed by atoms with van der Waals surface area (Å²) in [6, 6.07) is 14.0. The van der Waals surface area contributed by atoms with Crippen molar-refractivity contribution >= 4 is 17.5 Å². The highest BCUT2D eigenvalue weighted by Gasteiger charge is 2.27. The first-order valence-electron chi connectivity index (χ1n) is 10.4. The maximum atomic E-state index is 12.7. The minimum atomic E-state index is -0.498. The zero-order chi connectivity index (χ0) is 22.5. The summed E-state index contributed by atoms with van der Waals surface area (Å²) in [5, 5.41) is 6.99. The molecule has 9 nitrogen and oxygen atoms in total. The highest BCUT2D eigenvalue weighted by atomic mass is 16.5. The van der Waals surface area contributed by atoms with Crippen LogP contribution in [0.4, 0.5) is 5.69 Å². The maximum Gasteiger partial charge on any atom is 0.248 e. The van der Waals surface area contributed by atoms with Crippen LogP contribution in [0.5, 0.6) is 5.75 Å². The maximum absolute atomic E-state index is 12.7. The van der Waals surface area contributed by atoms with E-state index in [1.54, 1.807) is 31.4 Å². The number of carbonyl (C=O) groups excluding carboxylic acids is 2. The summed E-state index contributed by atoms with van der Waals surface area (Å²) in [7, 11) is 1.62. The first-order chi connectivity index (χ1) is 15.5. The second kappa shape index (κ2) is 9.61. The molecule has 0 saturated carbocycles. The number of primary amides is 1. The van der Waals surface area contributed by atoms with Gasteiger partial charge in [0.05, 0.1) is 19.6 Å². The van der Waals surface area contributed by atoms with Crippen LogP contribution in [0.25, 0.3) is 11.4 Å². The van der Waals surface area contributed by atoms with Gasteiger partial charge in [-0.05, 0) is 67.9 Å². The van der Waals surface area contributed by atoms with Crippen molar-refractivity contribution in [3.63, 3.8) is 0 Å². The number of amides is 2. The number of hydrogen-bond acceptors (Lipinski definition) is 7. The number of carbonyl (C=O) groups is 2. The quantitative estimate of drug-likeness (QED) is 0.585. The fraction of sp³-hybridized carbons (Fsp3) is 0.304. The number of benzene rings is 2. The lowest BCUT2D eigenvalue weighted by molar-refractivity contribution is -0.121. The topological polar surface area (TPSA) is 124 Å². The van der Waals surface area contributed by atoms with Crippen molar-refractivity contribution < 1.29 is 18.8 Å². The SMILES string of the molecule is COc1ccc(-c2noc(CN3CCCC(C(=O)Nc4ccc(C(N)=O)cc4)C3)n2)cc1. The molecule has 3 N–H and O–H groups in total. The van der Waals surface area contributed by atoms with Crippen LogP contribution in [0, 0.1) is 5.92 Å². The smallest absolute Gasteiger partial charge is 0.248 e. The van der Waals surface area contributed by atoms with Gasteiger partial charge in [-0.1, -0.05) is 5.16 Å². The second-order valence-corrected chi connectivity index (χ2v) is 7.75. The lowest BCUT2D eigenvalue weighted by atomic mass is 9.97. The number of piperidine rings is 1. The second-order valence-electron chi connectivity index (χ2n) is 7.75. The van der Waals surface area contributed by atoms with Gasteiger partial charge in [0.25, 0.3) is 0 Å². The lowest BCUT2D eigenvalue weighted by Gasteiger charge is -2.30. The van der Waals surface area contributed by atoms with Crippen LogP contribution >= 0.6 is 0 Å². The largest absolute Gasteiger partial charge is 0.497 e. The highest BCUT2D eigenvalue weighted by molar-refractivity contribution is 5.95. The van der Waals surface area contributed by atoms with Gasteiger partial charge in [0.15, 0.2) is 0 Å². The molecule has 0 bridgehead atoms. The summed E-state index contributed by atoms with van der Waals surface area (Å²) in [6.45, 7) is 1.95. The van der Waals surface area contributed by atoms with Gasteiger partial charge in [0.2, 0.25) is 23.5 Å². The molecule has 2 aromatic carbocycles. The van der Waals surface area contributed by atoms with E-state index in [4.69, 9.17) is 15.0 Å². The van der Waals surface area contributed by atoms with Crippen molar-refractivity contribution in [2.24, 2.45) is 11.7 Å². The predicted octanol–water partition coefficient (Wildman–Crippen LogP) is 2.69. The predicted molar refractivity (Wildman–Crippen MR) is 118 cm³/mol. The van der Waals surface area contributed by atoms with E-state index < -0.39 is 5.91 Å². The van der Waals surface area contributed by atoms with Gasteiger partial charge in [-0.3, -0.25) is 14.5 Å². The molecule has 1 aliphatic rings. The van der Waals surface area contributed by atoms with Crippen molar-refractivity contribution in [3.8, 4) is 17.1 Å². The molecule has 3 aromatic rings. The molecule has 2 amide bonds. The third-order valence-corrected chi connectivity index (χ3v) is 5.49. The van der Waals surface area contributed by atoms with Gasteiger partial charge in [0, 0.05) is 23.4 Å². The van der Waals surface area contributed by atoms with Crippen LogP contribution in [0.2, 0.25) is 0 Å². The van der Waals surface area contributed by atoms with Crippen LogP contribution in [0.3, 0.4) is 0 Å². The van der Waals surface area contributed by atoms with Gasteiger partial charge in [-0.2, -0.15) is 4.98 Å². The van der Waals surface area contributed by atoms with Gasteiger partial charge >= 0.3 is 0 Å². The minimum Gasteiger partial charge on any atom is -0.497 e. The number of methoxy groups -OCH3 is 1. The Bertz CT molecular complexity index is 1080. The molecular weight excluding hydrogens is 410 g/mol. The van der Waals surface area contributed by atoms with Crippen molar-refractivity contribution in [2.75, 3.05) is 25.5 Å². The molecule has 1 aliphatic heterocycles. The van der Waals surface area contributed by atoms with Crippen LogP contribution in [-0.4, -0.2) is 47.1 Å². The number of nitrogens with one attached hydrogen (secondary N) is 1. The Morgan fingerprint density at radius 2 is 1.94 bits per heavy atom. The number of aromatic nitrogens is 2. The molecule has 2 heterocycles. The number of nitrogens with two attached hydrogens (primary N) is 1. The molecule has 1 atom stereocenters. The third kappa shape index (κ3) is 5.12. The van der Waals surface area contributed by atoms with Gasteiger partial charge in [-0.25, -0.2) is 0 Å². The number of anilines is 1. The van der Waals surface area contributed by atoms with E-state index in [0.717, 1.165) is 30.7 Å². The Labute approximate surface area is 185 Å². The zero-order valence-corrected chi connectivity index (χ0v) is 17.8. The molecule has 32 heavy (non-hydrogen) atoms. The van der Waals surface area contributed by atoms with E-state index in [0.29, 0.717) is 36.1 Å². The minimum absolute atomic E-state index is 0.0500. The molecule has 166 valence electrons. The first-order valence-corrected chi connectivity index (χ1v) is 10.4. The number of likely N-dealkylation sites (tertiary alicyclic amines) is 1. The van der Waals surface area contributed by atoms with Gasteiger partial charge in [0.1, 0.15) is 5.75 Å². The number of nitrogens with zero attached hydrogens (tertiary/aromatic N) is 3. The standard InChI is InChI=1S/C23H25N5O4/c1-31-19-10-6-16(7-11-19)22-26-20(32-27-22)14-28-12-2-3-17(13-28)23(30)25-18-8-4-15(5-9-18)21(24)29/h4-11,17H,2-3,12-14H2,1H3,(H2,24,29)(H,25,30). The van der Waals surface area contributed by atoms with Crippen LogP contribution < -0.4 is 15.8 Å². The zero-order valence-electron chi connectivity index (χ0n) is 17.8. The third-order valence-electron chi connectivity index (χ3n) is 5.49. The summed E-state index contributed by atoms with van der Waals surface area (Å²) in [5.41, 5.74) is 7.14. The average Bonchev–Trinajstić information content (AvgIpc) is 3.28. The summed E-state index contributed by atoms with van der Waals surface area (Å²) in [6.07, 6.45) is 1.71. The van der Waals surface area contributed by atoms with Crippen molar-refractivity contribution in [2.45, 2.75) is 19.4 Å². The average molecular weight is 435 g/mol. The van der Waals surface area contributed by atoms with E-state index in [1.165, 1.54) is 0 Å². The van der Waals surface area contributed by atoms with Crippen molar-refractivity contribution in [1.29, 1.82) is 0 Å². The molecule has 0 spiro atoms.